The topological polar surface area (TPSA) is 32.3 Å². The molecule has 29 heavy (non-hydrogen) atoms. The summed E-state index contributed by atoms with van der Waals surface area (Å²) < 4.78 is 1.19. The Morgan fingerprint density at radius 1 is 1.17 bits per heavy atom. The Morgan fingerprint density at radius 2 is 2.00 bits per heavy atom. The minimum absolute atomic E-state index is 0.130. The van der Waals surface area contributed by atoms with Gasteiger partial charge in [-0.3, -0.25) is 9.69 Å². The van der Waals surface area contributed by atoms with Crippen molar-refractivity contribution in [2.45, 2.75) is 63.8 Å². The molecule has 0 saturated carbocycles. The lowest BCUT2D eigenvalue weighted by Crippen LogP contribution is -2.45. The number of rotatable bonds is 5. The number of fused-ring (bicyclic) bond motifs is 1. The van der Waals surface area contributed by atoms with E-state index in [2.05, 4.69) is 21.7 Å². The van der Waals surface area contributed by atoms with Crippen LogP contribution in [0.1, 0.15) is 56.9 Å². The molecule has 0 atom stereocenters. The summed E-state index contributed by atoms with van der Waals surface area (Å²) in [6.45, 7) is 3.29. The molecule has 2 heterocycles. The van der Waals surface area contributed by atoms with Crippen LogP contribution >= 0.6 is 22.9 Å². The average Bonchev–Trinajstić information content (AvgIpc) is 3.07. The molecular formula is C24H31ClN2OS. The first kappa shape index (κ1) is 20.9. The van der Waals surface area contributed by atoms with E-state index in [1.54, 1.807) is 16.9 Å². The smallest absolute Gasteiger partial charge is 0.224 e. The van der Waals surface area contributed by atoms with Gasteiger partial charge in [0.15, 0.2) is 0 Å². The minimum atomic E-state index is 0.130. The van der Waals surface area contributed by atoms with Gasteiger partial charge >= 0.3 is 0 Å². The van der Waals surface area contributed by atoms with Gasteiger partial charge in [-0.15, -0.1) is 11.3 Å². The number of benzene rings is 1. The molecule has 0 bridgehead atoms. The molecule has 1 N–H and O–H groups in total. The number of amides is 1. The molecule has 2 aromatic rings. The van der Waals surface area contributed by atoms with Crippen LogP contribution in [0.2, 0.25) is 5.02 Å². The number of halogens is 1. The van der Waals surface area contributed by atoms with E-state index in [1.807, 2.05) is 18.2 Å². The third-order valence-corrected chi connectivity index (χ3v) is 7.48. The standard InChI is InChI=1S/C24H31ClN2OS/c25-20-8-9-23-22(15-20)19(17-29-23)14-24(28)26-21-10-12-27(13-11-21)16-18-6-4-2-1-3-5-7-18/h6,8-9,15,17,21H,1-5,7,10-14,16H2,(H,26,28). The van der Waals surface area contributed by atoms with Gasteiger partial charge in [-0.1, -0.05) is 36.1 Å². The maximum Gasteiger partial charge on any atom is 0.224 e. The minimum Gasteiger partial charge on any atom is -0.353 e. The largest absolute Gasteiger partial charge is 0.353 e. The zero-order valence-corrected chi connectivity index (χ0v) is 18.7. The molecule has 1 saturated heterocycles. The fourth-order valence-corrected chi connectivity index (χ4v) is 5.68. The number of nitrogens with one attached hydrogen (secondary N) is 1. The monoisotopic (exact) mass is 430 g/mol. The Bertz CT molecular complexity index is 867. The summed E-state index contributed by atoms with van der Waals surface area (Å²) in [6, 6.07) is 6.22. The van der Waals surface area contributed by atoms with Gasteiger partial charge in [0.25, 0.3) is 0 Å². The lowest BCUT2D eigenvalue weighted by molar-refractivity contribution is -0.121. The molecule has 0 spiro atoms. The Morgan fingerprint density at radius 3 is 2.86 bits per heavy atom. The molecule has 1 aliphatic carbocycles. The molecule has 156 valence electrons. The van der Waals surface area contributed by atoms with Gasteiger partial charge in [0.05, 0.1) is 6.42 Å². The fourth-order valence-electron chi connectivity index (χ4n) is 4.57. The number of nitrogens with zero attached hydrogens (tertiary/aromatic N) is 1. The van der Waals surface area contributed by atoms with Crippen LogP contribution < -0.4 is 5.32 Å². The first-order chi connectivity index (χ1) is 14.2. The van der Waals surface area contributed by atoms with Crippen molar-refractivity contribution in [2.75, 3.05) is 19.6 Å². The zero-order chi connectivity index (χ0) is 20.1. The van der Waals surface area contributed by atoms with E-state index in [1.165, 1.54) is 43.2 Å². The van der Waals surface area contributed by atoms with Crippen molar-refractivity contribution < 1.29 is 4.79 Å². The SMILES string of the molecule is O=C(Cc1csc2ccc(Cl)cc12)NC1CCN(CC2=CCCCCCC2)CC1. The Kier molecular flexibility index (Phi) is 7.28. The number of allylic oxidation sites excluding steroid dienone is 1. The van der Waals surface area contributed by atoms with E-state index in [-0.39, 0.29) is 5.91 Å². The van der Waals surface area contributed by atoms with Gasteiger partial charge in [-0.2, -0.15) is 0 Å². The number of hydrogen-bond acceptors (Lipinski definition) is 3. The molecule has 3 nitrogen and oxygen atoms in total. The van der Waals surface area contributed by atoms with Gasteiger partial charge < -0.3 is 5.32 Å². The van der Waals surface area contributed by atoms with E-state index in [0.717, 1.165) is 48.4 Å². The number of piperidine rings is 1. The third-order valence-electron chi connectivity index (χ3n) is 6.23. The molecule has 1 aromatic carbocycles. The van der Waals surface area contributed by atoms with Crippen LogP contribution in [-0.2, 0) is 11.2 Å². The second-order valence-corrected chi connectivity index (χ2v) is 9.86. The molecule has 1 aromatic heterocycles. The van der Waals surface area contributed by atoms with Crippen molar-refractivity contribution in [1.29, 1.82) is 0 Å². The van der Waals surface area contributed by atoms with Gasteiger partial charge in [-0.05, 0) is 73.1 Å². The van der Waals surface area contributed by atoms with Crippen LogP contribution in [0.5, 0.6) is 0 Å². The van der Waals surface area contributed by atoms with Crippen LogP contribution in [-0.4, -0.2) is 36.5 Å². The highest BCUT2D eigenvalue weighted by Crippen LogP contribution is 2.29. The Hall–Kier alpha value is -1.36. The van der Waals surface area contributed by atoms with Crippen LogP contribution in [0.4, 0.5) is 0 Å². The highest BCUT2D eigenvalue weighted by atomic mass is 35.5. The molecule has 1 amide bonds. The van der Waals surface area contributed by atoms with Crippen LogP contribution in [0.15, 0.2) is 35.2 Å². The third kappa shape index (κ3) is 5.84. The van der Waals surface area contributed by atoms with Crippen molar-refractivity contribution in [3.63, 3.8) is 0 Å². The van der Waals surface area contributed by atoms with Crippen LogP contribution in [0.3, 0.4) is 0 Å². The van der Waals surface area contributed by atoms with Crippen molar-refractivity contribution in [2.24, 2.45) is 0 Å². The predicted molar refractivity (Wildman–Crippen MR) is 124 cm³/mol. The highest BCUT2D eigenvalue weighted by molar-refractivity contribution is 7.17. The summed E-state index contributed by atoms with van der Waals surface area (Å²) in [4.78, 5) is 15.2. The summed E-state index contributed by atoms with van der Waals surface area (Å²) in [5.41, 5.74) is 2.72. The van der Waals surface area contributed by atoms with Crippen molar-refractivity contribution in [3.05, 3.63) is 45.8 Å². The van der Waals surface area contributed by atoms with Crippen LogP contribution in [0.25, 0.3) is 10.1 Å². The maximum atomic E-state index is 12.6. The second kappa shape index (κ2) is 10.1. The first-order valence-corrected chi connectivity index (χ1v) is 12.3. The van der Waals surface area contributed by atoms with Gasteiger partial charge in [-0.25, -0.2) is 0 Å². The maximum absolute atomic E-state index is 12.6. The lowest BCUT2D eigenvalue weighted by Gasteiger charge is -2.33. The van der Waals surface area contributed by atoms with Crippen molar-refractivity contribution >= 4 is 38.9 Å². The summed E-state index contributed by atoms with van der Waals surface area (Å²) in [5.74, 6) is 0.130. The molecular weight excluding hydrogens is 400 g/mol. The molecule has 0 unspecified atom stereocenters. The van der Waals surface area contributed by atoms with E-state index in [0.29, 0.717) is 12.5 Å². The highest BCUT2D eigenvalue weighted by Gasteiger charge is 2.21. The summed E-state index contributed by atoms with van der Waals surface area (Å²) >= 11 is 7.82. The Labute approximate surface area is 183 Å². The van der Waals surface area contributed by atoms with E-state index >= 15 is 0 Å². The average molecular weight is 431 g/mol. The molecule has 4 rings (SSSR count). The van der Waals surface area contributed by atoms with Crippen molar-refractivity contribution in [1.82, 2.24) is 10.2 Å². The van der Waals surface area contributed by atoms with Gasteiger partial charge in [0.1, 0.15) is 0 Å². The van der Waals surface area contributed by atoms with Crippen molar-refractivity contribution in [3.8, 4) is 0 Å². The number of hydrogen-bond donors (Lipinski definition) is 1. The fraction of sp³-hybridized carbons (Fsp3) is 0.542. The Balaban J connectivity index is 1.25. The molecule has 0 radical (unpaired) electrons. The normalized spacial score (nSPS) is 19.6. The lowest BCUT2D eigenvalue weighted by atomic mass is 9.98. The molecule has 1 fully saturated rings. The van der Waals surface area contributed by atoms with Gasteiger partial charge in [0.2, 0.25) is 5.91 Å². The number of carbonyl (C=O) groups is 1. The second-order valence-electron chi connectivity index (χ2n) is 8.51. The van der Waals surface area contributed by atoms with E-state index in [9.17, 15) is 4.79 Å². The quantitative estimate of drug-likeness (QED) is 0.593. The zero-order valence-electron chi connectivity index (χ0n) is 17.1. The number of carbonyl (C=O) groups excluding carboxylic acids is 1. The van der Waals surface area contributed by atoms with E-state index in [4.69, 9.17) is 11.6 Å². The summed E-state index contributed by atoms with van der Waals surface area (Å²) in [7, 11) is 0. The molecule has 2 aliphatic rings. The van der Waals surface area contributed by atoms with Gasteiger partial charge in [0, 0.05) is 35.4 Å². The first-order valence-electron chi connectivity index (χ1n) is 11.0. The van der Waals surface area contributed by atoms with E-state index < -0.39 is 0 Å². The molecule has 1 aliphatic heterocycles. The predicted octanol–water partition coefficient (Wildman–Crippen LogP) is 5.96. The van der Waals surface area contributed by atoms with Crippen LogP contribution in [0, 0.1) is 0 Å². The molecule has 5 heteroatoms. The number of thiophene rings is 1. The number of likely N-dealkylation sites (tertiary alicyclic amines) is 1. The summed E-state index contributed by atoms with van der Waals surface area (Å²) in [6.07, 6.45) is 13.0. The summed E-state index contributed by atoms with van der Waals surface area (Å²) in [5, 5.41) is 7.20.